The topological polar surface area (TPSA) is 49.8 Å². The van der Waals surface area contributed by atoms with Crippen molar-refractivity contribution < 1.29 is 19.0 Å². The van der Waals surface area contributed by atoms with Crippen molar-refractivity contribution in [3.63, 3.8) is 0 Å². The molecule has 0 bridgehead atoms. The Labute approximate surface area is 95.4 Å². The van der Waals surface area contributed by atoms with Crippen LogP contribution in [0.4, 0.5) is 9.18 Å². The number of hydrogen-bond acceptors (Lipinski definition) is 3. The Bertz CT molecular complexity index is 262. The summed E-state index contributed by atoms with van der Waals surface area (Å²) < 4.78 is 18.4. The third-order valence-electron chi connectivity index (χ3n) is 2.48. The first-order valence-corrected chi connectivity index (χ1v) is 5.52. The Hall–Kier alpha value is -0.840. The predicted molar refractivity (Wildman–Crippen MR) is 57.9 cm³/mol. The molecular weight excluding hydrogens is 213 g/mol. The molecule has 1 heterocycles. The zero-order chi connectivity index (χ0) is 12.5. The molecule has 0 saturated carbocycles. The monoisotopic (exact) mass is 233 g/mol. The van der Waals surface area contributed by atoms with Gasteiger partial charge in [0, 0.05) is 6.42 Å². The van der Waals surface area contributed by atoms with Gasteiger partial charge in [-0.2, -0.15) is 0 Å². The van der Waals surface area contributed by atoms with Crippen LogP contribution in [-0.4, -0.2) is 46.6 Å². The lowest BCUT2D eigenvalue weighted by Gasteiger charge is -2.29. The van der Waals surface area contributed by atoms with Crippen LogP contribution in [0, 0.1) is 0 Å². The van der Waals surface area contributed by atoms with E-state index in [1.165, 1.54) is 4.90 Å². The molecule has 3 atom stereocenters. The number of hydrogen-bond donors (Lipinski definition) is 1. The molecule has 0 aromatic heterocycles. The van der Waals surface area contributed by atoms with E-state index in [9.17, 15) is 14.3 Å². The summed E-state index contributed by atoms with van der Waals surface area (Å²) in [6.07, 6.45) is -2.20. The number of aliphatic hydroxyl groups is 1. The van der Waals surface area contributed by atoms with Crippen molar-refractivity contribution in [2.24, 2.45) is 0 Å². The van der Waals surface area contributed by atoms with Crippen molar-refractivity contribution in [1.82, 2.24) is 4.90 Å². The number of likely N-dealkylation sites (tertiary alicyclic amines) is 1. The number of carbonyl (C=O) groups is 1. The smallest absolute Gasteiger partial charge is 0.410 e. The van der Waals surface area contributed by atoms with Gasteiger partial charge in [0.1, 0.15) is 11.8 Å². The number of carbonyl (C=O) groups excluding carboxylic acids is 1. The average molecular weight is 233 g/mol. The van der Waals surface area contributed by atoms with Crippen LogP contribution in [0.15, 0.2) is 0 Å². The molecule has 16 heavy (non-hydrogen) atoms. The van der Waals surface area contributed by atoms with E-state index in [1.807, 2.05) is 0 Å². The first-order valence-electron chi connectivity index (χ1n) is 5.52. The Kier molecular flexibility index (Phi) is 3.78. The maximum absolute atomic E-state index is 13.2. The number of ether oxygens (including phenoxy) is 1. The quantitative estimate of drug-likeness (QED) is 0.750. The van der Waals surface area contributed by atoms with Gasteiger partial charge in [0.2, 0.25) is 0 Å². The lowest BCUT2D eigenvalue weighted by molar-refractivity contribution is 0.00771. The van der Waals surface area contributed by atoms with Gasteiger partial charge < -0.3 is 9.84 Å². The van der Waals surface area contributed by atoms with Crippen LogP contribution in [0.3, 0.4) is 0 Å². The van der Waals surface area contributed by atoms with Crippen molar-refractivity contribution in [1.29, 1.82) is 0 Å². The molecule has 0 aliphatic carbocycles. The Morgan fingerprint density at radius 3 is 2.56 bits per heavy atom. The summed E-state index contributed by atoms with van der Waals surface area (Å²) in [5, 5.41) is 9.47. The molecule has 1 amide bonds. The SMILES string of the molecule is C[C@H](O)C1C[C@H](F)CN1C(=O)OC(C)(C)C. The second kappa shape index (κ2) is 4.57. The fraction of sp³-hybridized carbons (Fsp3) is 0.909. The van der Waals surface area contributed by atoms with Crippen LogP contribution < -0.4 is 0 Å². The van der Waals surface area contributed by atoms with E-state index in [2.05, 4.69) is 0 Å². The molecule has 1 saturated heterocycles. The number of aliphatic hydroxyl groups excluding tert-OH is 1. The van der Waals surface area contributed by atoms with Gasteiger partial charge in [0.25, 0.3) is 0 Å². The van der Waals surface area contributed by atoms with E-state index < -0.39 is 30.0 Å². The summed E-state index contributed by atoms with van der Waals surface area (Å²) in [4.78, 5) is 13.0. The lowest BCUT2D eigenvalue weighted by atomic mass is 10.1. The summed E-state index contributed by atoms with van der Waals surface area (Å²) in [6.45, 7) is 6.83. The minimum absolute atomic E-state index is 0.00444. The van der Waals surface area contributed by atoms with E-state index in [1.54, 1.807) is 27.7 Å². The molecule has 0 radical (unpaired) electrons. The van der Waals surface area contributed by atoms with Gasteiger partial charge >= 0.3 is 6.09 Å². The molecular formula is C11H20FNO3. The number of alkyl halides is 1. The standard InChI is InChI=1S/C11H20FNO3/c1-7(14)9-5-8(12)6-13(9)10(15)16-11(2,3)4/h7-9,14H,5-6H2,1-4H3/t7-,8-,9?/m0/s1. The van der Waals surface area contributed by atoms with Gasteiger partial charge in [-0.1, -0.05) is 0 Å². The number of nitrogens with zero attached hydrogens (tertiary/aromatic N) is 1. The van der Waals surface area contributed by atoms with Crippen LogP contribution in [0.5, 0.6) is 0 Å². The molecule has 1 aliphatic rings. The van der Waals surface area contributed by atoms with E-state index in [-0.39, 0.29) is 13.0 Å². The summed E-state index contributed by atoms with van der Waals surface area (Å²) in [5.74, 6) is 0. The van der Waals surface area contributed by atoms with Gasteiger partial charge in [0.05, 0.1) is 18.7 Å². The number of amides is 1. The Morgan fingerprint density at radius 2 is 2.12 bits per heavy atom. The van der Waals surface area contributed by atoms with E-state index in [0.717, 1.165) is 0 Å². The van der Waals surface area contributed by atoms with Crippen molar-refractivity contribution in [3.8, 4) is 0 Å². The van der Waals surface area contributed by atoms with Crippen molar-refractivity contribution in [2.45, 2.75) is 58.0 Å². The van der Waals surface area contributed by atoms with Gasteiger partial charge in [-0.05, 0) is 27.7 Å². The highest BCUT2D eigenvalue weighted by molar-refractivity contribution is 5.69. The lowest BCUT2D eigenvalue weighted by Crippen LogP contribution is -2.44. The first kappa shape index (κ1) is 13.2. The van der Waals surface area contributed by atoms with E-state index in [4.69, 9.17) is 4.74 Å². The van der Waals surface area contributed by atoms with Crippen LogP contribution in [0.2, 0.25) is 0 Å². The molecule has 94 valence electrons. The van der Waals surface area contributed by atoms with Crippen molar-refractivity contribution in [2.75, 3.05) is 6.54 Å². The molecule has 5 heteroatoms. The minimum atomic E-state index is -1.08. The highest BCUT2D eigenvalue weighted by Crippen LogP contribution is 2.25. The highest BCUT2D eigenvalue weighted by atomic mass is 19.1. The summed E-state index contributed by atoms with van der Waals surface area (Å²) in [6, 6.07) is -0.482. The summed E-state index contributed by atoms with van der Waals surface area (Å²) in [5.41, 5.74) is -0.602. The molecule has 0 spiro atoms. The van der Waals surface area contributed by atoms with E-state index >= 15 is 0 Å². The van der Waals surface area contributed by atoms with Gasteiger partial charge in [-0.3, -0.25) is 4.90 Å². The number of halogens is 1. The van der Waals surface area contributed by atoms with Gasteiger partial charge in [-0.25, -0.2) is 9.18 Å². The van der Waals surface area contributed by atoms with Crippen LogP contribution in [0.25, 0.3) is 0 Å². The minimum Gasteiger partial charge on any atom is -0.444 e. The second-order valence-electron chi connectivity index (χ2n) is 5.27. The zero-order valence-corrected chi connectivity index (χ0v) is 10.2. The van der Waals surface area contributed by atoms with Crippen LogP contribution in [-0.2, 0) is 4.74 Å². The van der Waals surface area contributed by atoms with Crippen LogP contribution in [0.1, 0.15) is 34.1 Å². The molecule has 4 nitrogen and oxygen atoms in total. The first-order chi connectivity index (χ1) is 7.20. The fourth-order valence-electron chi connectivity index (χ4n) is 1.80. The van der Waals surface area contributed by atoms with E-state index in [0.29, 0.717) is 0 Å². The second-order valence-corrected chi connectivity index (χ2v) is 5.27. The largest absolute Gasteiger partial charge is 0.444 e. The predicted octanol–water partition coefficient (Wildman–Crippen LogP) is 1.71. The average Bonchev–Trinajstić information content (AvgIpc) is 2.44. The van der Waals surface area contributed by atoms with Crippen molar-refractivity contribution >= 4 is 6.09 Å². The molecule has 1 N–H and O–H groups in total. The summed E-state index contributed by atoms with van der Waals surface area (Å²) in [7, 11) is 0. The van der Waals surface area contributed by atoms with Gasteiger partial charge in [-0.15, -0.1) is 0 Å². The fourth-order valence-corrected chi connectivity index (χ4v) is 1.80. The van der Waals surface area contributed by atoms with Crippen LogP contribution >= 0.6 is 0 Å². The maximum atomic E-state index is 13.2. The maximum Gasteiger partial charge on any atom is 0.410 e. The van der Waals surface area contributed by atoms with Crippen molar-refractivity contribution in [3.05, 3.63) is 0 Å². The normalized spacial score (nSPS) is 28.0. The zero-order valence-electron chi connectivity index (χ0n) is 10.2. The third-order valence-corrected chi connectivity index (χ3v) is 2.48. The van der Waals surface area contributed by atoms with Gasteiger partial charge in [0.15, 0.2) is 0 Å². The highest BCUT2D eigenvalue weighted by Gasteiger charge is 2.39. The molecule has 1 unspecified atom stereocenters. The number of rotatable bonds is 1. The third kappa shape index (κ3) is 3.33. The molecule has 1 fully saturated rings. The Morgan fingerprint density at radius 1 is 1.56 bits per heavy atom. The Balaban J connectivity index is 2.67. The molecule has 1 rings (SSSR count). The molecule has 1 aliphatic heterocycles. The summed E-state index contributed by atoms with van der Waals surface area (Å²) >= 11 is 0. The molecule has 0 aromatic carbocycles. The molecule has 0 aromatic rings.